The molecule has 1 amide bonds. The Hall–Kier alpha value is -3.06. The summed E-state index contributed by atoms with van der Waals surface area (Å²) in [5.41, 5.74) is 1.22. The van der Waals surface area contributed by atoms with E-state index in [0.717, 1.165) is 5.56 Å². The molecule has 2 aromatic rings. The van der Waals surface area contributed by atoms with E-state index in [0.29, 0.717) is 36.7 Å². The number of hydrogen-bond donors (Lipinski definition) is 1. The third-order valence-electron chi connectivity index (χ3n) is 4.29. The highest BCUT2D eigenvalue weighted by atomic mass is 35.5. The van der Waals surface area contributed by atoms with Crippen molar-refractivity contribution in [2.45, 2.75) is 19.4 Å². The summed E-state index contributed by atoms with van der Waals surface area (Å²) in [7, 11) is 0. The molecule has 8 heteroatoms. The minimum atomic E-state index is -0.561. The van der Waals surface area contributed by atoms with Crippen molar-refractivity contribution in [1.82, 2.24) is 5.32 Å². The molecule has 146 valence electrons. The van der Waals surface area contributed by atoms with Gasteiger partial charge in [-0.1, -0.05) is 30.7 Å². The quantitative estimate of drug-likeness (QED) is 0.442. The zero-order chi connectivity index (χ0) is 20.1. The predicted molar refractivity (Wildman–Crippen MR) is 106 cm³/mol. The number of carbonyl (C=O) groups is 1. The van der Waals surface area contributed by atoms with Crippen molar-refractivity contribution in [3.8, 4) is 11.5 Å². The fourth-order valence-corrected chi connectivity index (χ4v) is 3.05. The Morgan fingerprint density at radius 3 is 2.71 bits per heavy atom. The highest BCUT2D eigenvalue weighted by molar-refractivity contribution is 6.32. The average molecular weight is 403 g/mol. The molecule has 28 heavy (non-hydrogen) atoms. The monoisotopic (exact) mass is 402 g/mol. The third-order valence-corrected chi connectivity index (χ3v) is 4.61. The maximum Gasteiger partial charge on any atom is 0.288 e. The molecule has 0 spiro atoms. The van der Waals surface area contributed by atoms with E-state index in [1.807, 2.05) is 25.1 Å². The van der Waals surface area contributed by atoms with Crippen LogP contribution >= 0.6 is 11.6 Å². The van der Waals surface area contributed by atoms with E-state index in [9.17, 15) is 14.9 Å². The van der Waals surface area contributed by atoms with Gasteiger partial charge >= 0.3 is 0 Å². The summed E-state index contributed by atoms with van der Waals surface area (Å²) < 4.78 is 11.1. The van der Waals surface area contributed by atoms with E-state index >= 15 is 0 Å². The zero-order valence-electron chi connectivity index (χ0n) is 15.2. The Morgan fingerprint density at radius 1 is 1.25 bits per heavy atom. The fourth-order valence-electron chi connectivity index (χ4n) is 2.86. The first-order chi connectivity index (χ1) is 13.5. The standard InChI is InChI=1S/C20H19ClN2O5/c1-2-16(14-5-7-18-19(12-14)28-10-9-27-18)22-20(24)8-4-13-3-6-15(21)17(11-13)23(25)26/h3-8,11-12,16H,2,9-10H2,1H3,(H,22,24)/b8-4+. The molecule has 0 bridgehead atoms. The lowest BCUT2D eigenvalue weighted by molar-refractivity contribution is -0.384. The molecule has 0 aliphatic carbocycles. The van der Waals surface area contributed by atoms with Crippen LogP contribution in [0.2, 0.25) is 5.02 Å². The minimum Gasteiger partial charge on any atom is -0.486 e. The average Bonchev–Trinajstić information content (AvgIpc) is 2.70. The number of benzene rings is 2. The molecule has 0 aromatic heterocycles. The van der Waals surface area contributed by atoms with Crippen LogP contribution in [0.5, 0.6) is 11.5 Å². The molecule has 1 aliphatic heterocycles. The second-order valence-corrected chi connectivity index (χ2v) is 6.58. The van der Waals surface area contributed by atoms with Crippen molar-refractivity contribution in [2.24, 2.45) is 0 Å². The van der Waals surface area contributed by atoms with E-state index in [2.05, 4.69) is 5.32 Å². The lowest BCUT2D eigenvalue weighted by Crippen LogP contribution is -2.26. The summed E-state index contributed by atoms with van der Waals surface area (Å²) in [5, 5.41) is 13.9. The van der Waals surface area contributed by atoms with Gasteiger partial charge in [-0.3, -0.25) is 14.9 Å². The molecule has 0 fully saturated rings. The van der Waals surface area contributed by atoms with Gasteiger partial charge in [0.15, 0.2) is 11.5 Å². The molecular weight excluding hydrogens is 384 g/mol. The maximum absolute atomic E-state index is 12.3. The molecule has 3 rings (SSSR count). The number of rotatable bonds is 6. The Kier molecular flexibility index (Phi) is 6.16. The van der Waals surface area contributed by atoms with E-state index in [-0.39, 0.29) is 22.7 Å². The van der Waals surface area contributed by atoms with Gasteiger partial charge in [0, 0.05) is 12.1 Å². The number of nitro benzene ring substituents is 1. The molecule has 0 saturated carbocycles. The van der Waals surface area contributed by atoms with Crippen LogP contribution in [0.4, 0.5) is 5.69 Å². The highest BCUT2D eigenvalue weighted by Crippen LogP contribution is 2.33. The summed E-state index contributed by atoms with van der Waals surface area (Å²) in [6, 6.07) is 9.76. The number of hydrogen-bond acceptors (Lipinski definition) is 5. The number of nitrogens with one attached hydrogen (secondary N) is 1. The van der Waals surface area contributed by atoms with Crippen molar-refractivity contribution < 1.29 is 19.2 Å². The van der Waals surface area contributed by atoms with Gasteiger partial charge in [0.2, 0.25) is 5.91 Å². The molecular formula is C20H19ClN2O5. The van der Waals surface area contributed by atoms with Crippen LogP contribution in [-0.4, -0.2) is 24.0 Å². The van der Waals surface area contributed by atoms with Crippen molar-refractivity contribution >= 4 is 29.3 Å². The number of nitrogens with zero attached hydrogens (tertiary/aromatic N) is 1. The Labute approximate surface area is 167 Å². The Bertz CT molecular complexity index is 929. The number of nitro groups is 1. The zero-order valence-corrected chi connectivity index (χ0v) is 15.9. The summed E-state index contributed by atoms with van der Waals surface area (Å²) in [5.74, 6) is 1.06. The van der Waals surface area contributed by atoms with Crippen molar-refractivity contribution in [3.05, 3.63) is 68.7 Å². The smallest absolute Gasteiger partial charge is 0.288 e. The van der Waals surface area contributed by atoms with E-state index in [4.69, 9.17) is 21.1 Å². The lowest BCUT2D eigenvalue weighted by Gasteiger charge is -2.22. The normalized spacial score (nSPS) is 13.9. The molecule has 0 saturated heterocycles. The van der Waals surface area contributed by atoms with Crippen molar-refractivity contribution in [3.63, 3.8) is 0 Å². The number of amides is 1. The van der Waals surface area contributed by atoms with Gasteiger partial charge in [-0.2, -0.15) is 0 Å². The van der Waals surface area contributed by atoms with Crippen LogP contribution in [0.15, 0.2) is 42.5 Å². The van der Waals surface area contributed by atoms with E-state index in [1.54, 1.807) is 6.07 Å². The maximum atomic E-state index is 12.3. The summed E-state index contributed by atoms with van der Waals surface area (Å²) in [4.78, 5) is 22.7. The number of carbonyl (C=O) groups excluding carboxylic acids is 1. The summed E-state index contributed by atoms with van der Waals surface area (Å²) in [6.45, 7) is 2.98. The van der Waals surface area contributed by atoms with Gasteiger partial charge in [0.05, 0.1) is 11.0 Å². The van der Waals surface area contributed by atoms with Gasteiger partial charge < -0.3 is 14.8 Å². The van der Waals surface area contributed by atoms with Gasteiger partial charge in [-0.15, -0.1) is 0 Å². The largest absolute Gasteiger partial charge is 0.486 e. The number of ether oxygens (including phenoxy) is 2. The lowest BCUT2D eigenvalue weighted by atomic mass is 10.0. The van der Waals surface area contributed by atoms with Gasteiger partial charge in [0.25, 0.3) is 5.69 Å². The fraction of sp³-hybridized carbons (Fsp3) is 0.250. The first kappa shape index (κ1) is 19.7. The minimum absolute atomic E-state index is 0.0521. The van der Waals surface area contributed by atoms with Crippen LogP contribution < -0.4 is 14.8 Å². The molecule has 1 atom stereocenters. The van der Waals surface area contributed by atoms with Crippen LogP contribution in [0.3, 0.4) is 0 Å². The molecule has 2 aromatic carbocycles. The van der Waals surface area contributed by atoms with Crippen molar-refractivity contribution in [2.75, 3.05) is 13.2 Å². The molecule has 1 N–H and O–H groups in total. The second-order valence-electron chi connectivity index (χ2n) is 6.17. The number of fused-ring (bicyclic) bond motifs is 1. The van der Waals surface area contributed by atoms with E-state index in [1.165, 1.54) is 24.3 Å². The van der Waals surface area contributed by atoms with Gasteiger partial charge in [-0.25, -0.2) is 0 Å². The Morgan fingerprint density at radius 2 is 2.00 bits per heavy atom. The first-order valence-electron chi connectivity index (χ1n) is 8.80. The second kappa shape index (κ2) is 8.75. The van der Waals surface area contributed by atoms with Crippen LogP contribution in [0.25, 0.3) is 6.08 Å². The summed E-state index contributed by atoms with van der Waals surface area (Å²) >= 11 is 5.80. The molecule has 7 nitrogen and oxygen atoms in total. The molecule has 1 aliphatic rings. The molecule has 1 unspecified atom stereocenters. The summed E-state index contributed by atoms with van der Waals surface area (Å²) in [6.07, 6.45) is 3.54. The molecule has 0 radical (unpaired) electrons. The number of halogens is 1. The highest BCUT2D eigenvalue weighted by Gasteiger charge is 2.17. The SMILES string of the molecule is CCC(NC(=O)/C=C/c1ccc(Cl)c([N+](=O)[O-])c1)c1ccc2c(c1)OCCO2. The van der Waals surface area contributed by atoms with Crippen molar-refractivity contribution in [1.29, 1.82) is 0 Å². The Balaban J connectivity index is 1.70. The van der Waals surface area contributed by atoms with Crippen LogP contribution in [0, 0.1) is 10.1 Å². The van der Waals surface area contributed by atoms with Gasteiger partial charge in [0.1, 0.15) is 18.2 Å². The van der Waals surface area contributed by atoms with Crippen LogP contribution in [0.1, 0.15) is 30.5 Å². The predicted octanol–water partition coefficient (Wildman–Crippen LogP) is 4.30. The van der Waals surface area contributed by atoms with E-state index < -0.39 is 4.92 Å². The van der Waals surface area contributed by atoms with Gasteiger partial charge in [-0.05, 0) is 41.8 Å². The molecule has 1 heterocycles. The van der Waals surface area contributed by atoms with Crippen LogP contribution in [-0.2, 0) is 4.79 Å². The topological polar surface area (TPSA) is 90.7 Å². The third kappa shape index (κ3) is 4.61. The first-order valence-corrected chi connectivity index (χ1v) is 9.17.